The fourth-order valence-electron chi connectivity index (χ4n) is 1.96. The maximum absolute atomic E-state index is 4.37. The fourth-order valence-corrected chi connectivity index (χ4v) is 1.96. The Morgan fingerprint density at radius 3 is 2.75 bits per heavy atom. The maximum Gasteiger partial charge on any atom is 0.137 e. The monoisotopic (exact) mass is 208 g/mol. The summed E-state index contributed by atoms with van der Waals surface area (Å²) >= 11 is 0. The van der Waals surface area contributed by atoms with Crippen LogP contribution in [-0.4, -0.2) is 9.97 Å². The fraction of sp³-hybridized carbons (Fsp3) is 0.0714. The van der Waals surface area contributed by atoms with Gasteiger partial charge in [0.15, 0.2) is 0 Å². The quantitative estimate of drug-likeness (QED) is 0.651. The third kappa shape index (κ3) is 1.39. The Morgan fingerprint density at radius 1 is 1.12 bits per heavy atom. The number of hydrogen-bond donors (Lipinski definition) is 1. The zero-order valence-corrected chi connectivity index (χ0v) is 9.07. The van der Waals surface area contributed by atoms with Crippen molar-refractivity contribution < 1.29 is 0 Å². The van der Waals surface area contributed by atoms with Crippen LogP contribution in [0.5, 0.6) is 0 Å². The first-order chi connectivity index (χ1) is 7.84. The number of aromatic amines is 1. The lowest BCUT2D eigenvalue weighted by atomic mass is 10.1. The molecular formula is C14H12N2. The summed E-state index contributed by atoms with van der Waals surface area (Å²) in [4.78, 5) is 7.57. The summed E-state index contributed by atoms with van der Waals surface area (Å²) in [5, 5.41) is 1.19. The standard InChI is InChI=1S/C14H12N2/c1-10-7-12-13(9-16-14(12)15-8-10)11-5-3-2-4-6-11/h2-9H,1H3,(H,15,16). The second-order valence-corrected chi connectivity index (χ2v) is 3.98. The van der Waals surface area contributed by atoms with Crippen LogP contribution in [0.15, 0.2) is 48.8 Å². The van der Waals surface area contributed by atoms with E-state index in [-0.39, 0.29) is 0 Å². The van der Waals surface area contributed by atoms with Crippen molar-refractivity contribution in [2.45, 2.75) is 6.92 Å². The Morgan fingerprint density at radius 2 is 1.94 bits per heavy atom. The van der Waals surface area contributed by atoms with Crippen molar-refractivity contribution in [2.75, 3.05) is 0 Å². The molecule has 0 aliphatic heterocycles. The number of rotatable bonds is 1. The highest BCUT2D eigenvalue weighted by atomic mass is 14.8. The van der Waals surface area contributed by atoms with Gasteiger partial charge in [-0.2, -0.15) is 0 Å². The lowest BCUT2D eigenvalue weighted by molar-refractivity contribution is 1.29. The van der Waals surface area contributed by atoms with Crippen LogP contribution in [0.3, 0.4) is 0 Å². The third-order valence-corrected chi connectivity index (χ3v) is 2.75. The molecule has 0 bridgehead atoms. The van der Waals surface area contributed by atoms with Crippen LogP contribution < -0.4 is 0 Å². The summed E-state index contributed by atoms with van der Waals surface area (Å²) in [5.41, 5.74) is 4.57. The number of aryl methyl sites for hydroxylation is 1. The molecule has 0 saturated carbocycles. The van der Waals surface area contributed by atoms with E-state index in [1.165, 1.54) is 22.1 Å². The van der Waals surface area contributed by atoms with E-state index in [1.807, 2.05) is 18.5 Å². The van der Waals surface area contributed by atoms with Gasteiger partial charge in [-0.15, -0.1) is 0 Å². The zero-order chi connectivity index (χ0) is 11.0. The predicted octanol–water partition coefficient (Wildman–Crippen LogP) is 3.54. The van der Waals surface area contributed by atoms with Gasteiger partial charge in [0.1, 0.15) is 5.65 Å². The first-order valence-electron chi connectivity index (χ1n) is 5.34. The van der Waals surface area contributed by atoms with Gasteiger partial charge in [0.25, 0.3) is 0 Å². The van der Waals surface area contributed by atoms with Gasteiger partial charge < -0.3 is 4.98 Å². The summed E-state index contributed by atoms with van der Waals surface area (Å²) in [6.45, 7) is 2.06. The minimum atomic E-state index is 0.949. The van der Waals surface area contributed by atoms with Gasteiger partial charge in [0.05, 0.1) is 0 Å². The Balaban J connectivity index is 2.29. The molecule has 2 heteroatoms. The van der Waals surface area contributed by atoms with Crippen molar-refractivity contribution in [1.82, 2.24) is 9.97 Å². The van der Waals surface area contributed by atoms with E-state index >= 15 is 0 Å². The third-order valence-electron chi connectivity index (χ3n) is 2.75. The minimum absolute atomic E-state index is 0.949. The van der Waals surface area contributed by atoms with E-state index < -0.39 is 0 Å². The molecule has 0 fully saturated rings. The summed E-state index contributed by atoms with van der Waals surface area (Å²) in [7, 11) is 0. The number of nitrogens with one attached hydrogen (secondary N) is 1. The summed E-state index contributed by atoms with van der Waals surface area (Å²) < 4.78 is 0. The number of aromatic nitrogens is 2. The molecule has 1 aromatic carbocycles. The molecule has 0 radical (unpaired) electrons. The zero-order valence-electron chi connectivity index (χ0n) is 9.07. The van der Waals surface area contributed by atoms with Gasteiger partial charge in [-0.1, -0.05) is 30.3 Å². The predicted molar refractivity (Wildman–Crippen MR) is 66.3 cm³/mol. The molecule has 0 aliphatic rings. The molecule has 2 aromatic heterocycles. The first kappa shape index (κ1) is 9.16. The molecule has 0 aliphatic carbocycles. The average Bonchev–Trinajstić information content (AvgIpc) is 2.73. The second-order valence-electron chi connectivity index (χ2n) is 3.98. The number of nitrogens with zero attached hydrogens (tertiary/aromatic N) is 1. The van der Waals surface area contributed by atoms with E-state index in [1.54, 1.807) is 0 Å². The van der Waals surface area contributed by atoms with Crippen LogP contribution in [0, 0.1) is 6.92 Å². The molecule has 0 unspecified atom stereocenters. The normalized spacial score (nSPS) is 10.8. The number of H-pyrrole nitrogens is 1. The molecule has 78 valence electrons. The Labute approximate surface area is 94.0 Å². The SMILES string of the molecule is Cc1cnc2[nH]cc(-c3ccccc3)c2c1. The molecular weight excluding hydrogens is 196 g/mol. The molecule has 0 atom stereocenters. The largest absolute Gasteiger partial charge is 0.346 e. The molecule has 0 amide bonds. The van der Waals surface area contributed by atoms with Crippen molar-refractivity contribution in [3.63, 3.8) is 0 Å². The van der Waals surface area contributed by atoms with E-state index in [9.17, 15) is 0 Å². The van der Waals surface area contributed by atoms with Gasteiger partial charge in [-0.05, 0) is 24.1 Å². The van der Waals surface area contributed by atoms with Gasteiger partial charge in [-0.3, -0.25) is 0 Å². The van der Waals surface area contributed by atoms with Crippen LogP contribution in [0.25, 0.3) is 22.2 Å². The Kier molecular flexibility index (Phi) is 2.00. The van der Waals surface area contributed by atoms with Crippen molar-refractivity contribution in [1.29, 1.82) is 0 Å². The average molecular weight is 208 g/mol. The summed E-state index contributed by atoms with van der Waals surface area (Å²) in [6, 6.07) is 12.5. The van der Waals surface area contributed by atoms with Crippen LogP contribution >= 0.6 is 0 Å². The van der Waals surface area contributed by atoms with Gasteiger partial charge in [-0.25, -0.2) is 4.98 Å². The van der Waals surface area contributed by atoms with Crippen molar-refractivity contribution in [3.8, 4) is 11.1 Å². The van der Waals surface area contributed by atoms with Crippen LogP contribution in [0.1, 0.15) is 5.56 Å². The number of pyridine rings is 1. The topological polar surface area (TPSA) is 28.7 Å². The van der Waals surface area contributed by atoms with Gasteiger partial charge in [0.2, 0.25) is 0 Å². The first-order valence-corrected chi connectivity index (χ1v) is 5.34. The Bertz CT molecular complexity index is 624. The molecule has 2 heterocycles. The van der Waals surface area contributed by atoms with Crippen molar-refractivity contribution >= 4 is 11.0 Å². The molecule has 0 saturated heterocycles. The number of fused-ring (bicyclic) bond motifs is 1. The molecule has 16 heavy (non-hydrogen) atoms. The minimum Gasteiger partial charge on any atom is -0.346 e. The van der Waals surface area contributed by atoms with Gasteiger partial charge >= 0.3 is 0 Å². The smallest absolute Gasteiger partial charge is 0.137 e. The molecule has 1 N–H and O–H groups in total. The molecule has 0 spiro atoms. The van der Waals surface area contributed by atoms with Crippen LogP contribution in [-0.2, 0) is 0 Å². The maximum atomic E-state index is 4.37. The number of hydrogen-bond acceptors (Lipinski definition) is 1. The highest BCUT2D eigenvalue weighted by Gasteiger charge is 2.06. The lowest BCUT2D eigenvalue weighted by Crippen LogP contribution is -1.79. The Hall–Kier alpha value is -2.09. The van der Waals surface area contributed by atoms with E-state index in [4.69, 9.17) is 0 Å². The highest BCUT2D eigenvalue weighted by molar-refractivity contribution is 5.93. The lowest BCUT2D eigenvalue weighted by Gasteiger charge is -1.99. The summed E-state index contributed by atoms with van der Waals surface area (Å²) in [5.74, 6) is 0. The second kappa shape index (κ2) is 3.49. The molecule has 2 nitrogen and oxygen atoms in total. The van der Waals surface area contributed by atoms with E-state index in [0.717, 1.165) is 5.65 Å². The van der Waals surface area contributed by atoms with Crippen LogP contribution in [0.2, 0.25) is 0 Å². The van der Waals surface area contributed by atoms with Gasteiger partial charge in [0, 0.05) is 23.3 Å². The number of benzene rings is 1. The van der Waals surface area contributed by atoms with Crippen molar-refractivity contribution in [3.05, 3.63) is 54.4 Å². The summed E-state index contributed by atoms with van der Waals surface area (Å²) in [6.07, 6.45) is 3.90. The van der Waals surface area contributed by atoms with E-state index in [0.29, 0.717) is 0 Å². The highest BCUT2D eigenvalue weighted by Crippen LogP contribution is 2.27. The molecule has 3 rings (SSSR count). The molecule has 3 aromatic rings. The van der Waals surface area contributed by atoms with Crippen molar-refractivity contribution in [2.24, 2.45) is 0 Å². The van der Waals surface area contributed by atoms with E-state index in [2.05, 4.69) is 47.2 Å². The van der Waals surface area contributed by atoms with Crippen LogP contribution in [0.4, 0.5) is 0 Å².